The van der Waals surface area contributed by atoms with Gasteiger partial charge in [0.25, 0.3) is 5.91 Å². The van der Waals surface area contributed by atoms with E-state index in [9.17, 15) is 4.79 Å². The molecule has 0 aliphatic rings. The molecule has 2 nitrogen and oxygen atoms in total. The first-order valence-electron chi connectivity index (χ1n) is 5.92. The summed E-state index contributed by atoms with van der Waals surface area (Å²) in [6.45, 7) is 1.95. The summed E-state index contributed by atoms with van der Waals surface area (Å²) in [4.78, 5) is 13.4. The van der Waals surface area contributed by atoms with Crippen molar-refractivity contribution in [1.29, 1.82) is 0 Å². The molecule has 0 unspecified atom stereocenters. The number of anilines is 1. The van der Waals surface area contributed by atoms with Crippen LogP contribution in [0.3, 0.4) is 0 Å². The van der Waals surface area contributed by atoms with Crippen LogP contribution in [0, 0.1) is 6.92 Å². The molecule has 0 spiro atoms. The maximum absolute atomic E-state index is 12.3. The third-order valence-corrected chi connectivity index (χ3v) is 4.41. The first kappa shape index (κ1) is 15.4. The predicted octanol–water partition coefficient (Wildman–Crippen LogP) is 5.39. The van der Waals surface area contributed by atoms with Gasteiger partial charge in [-0.15, -0.1) is 11.8 Å². The van der Waals surface area contributed by atoms with Gasteiger partial charge in [0, 0.05) is 15.1 Å². The van der Waals surface area contributed by atoms with Gasteiger partial charge in [0.15, 0.2) is 0 Å². The maximum atomic E-state index is 12.3. The van der Waals surface area contributed by atoms with Crippen molar-refractivity contribution in [3.05, 3.63) is 57.0 Å². The van der Waals surface area contributed by atoms with Gasteiger partial charge in [0.05, 0.1) is 10.6 Å². The monoisotopic (exact) mass is 369 g/mol. The summed E-state index contributed by atoms with van der Waals surface area (Å²) < 4.78 is 0.919. The SMILES string of the molecule is CSc1ccc(Cl)c(C(=O)Nc2cc(Br)ccc2C)c1. The molecule has 0 aromatic heterocycles. The minimum absolute atomic E-state index is 0.202. The van der Waals surface area contributed by atoms with Crippen LogP contribution in [0.4, 0.5) is 5.69 Å². The van der Waals surface area contributed by atoms with E-state index >= 15 is 0 Å². The molecule has 0 saturated carbocycles. The lowest BCUT2D eigenvalue weighted by Gasteiger charge is -2.10. The van der Waals surface area contributed by atoms with Gasteiger partial charge in [-0.2, -0.15) is 0 Å². The van der Waals surface area contributed by atoms with Crippen molar-refractivity contribution >= 4 is 50.9 Å². The number of aryl methyl sites for hydroxylation is 1. The van der Waals surface area contributed by atoms with Crippen LogP contribution in [0.5, 0.6) is 0 Å². The van der Waals surface area contributed by atoms with E-state index in [2.05, 4.69) is 21.2 Å². The second kappa shape index (κ2) is 6.66. The fourth-order valence-corrected chi connectivity index (χ4v) is 2.73. The number of hydrogen-bond donors (Lipinski definition) is 1. The van der Waals surface area contributed by atoms with Gasteiger partial charge >= 0.3 is 0 Å². The molecular formula is C15H13BrClNOS. The summed E-state index contributed by atoms with van der Waals surface area (Å²) in [6, 6.07) is 11.2. The van der Waals surface area contributed by atoms with E-state index in [4.69, 9.17) is 11.6 Å². The lowest BCUT2D eigenvalue weighted by atomic mass is 10.1. The standard InChI is InChI=1S/C15H13BrClNOS/c1-9-3-4-10(16)7-14(9)18-15(19)12-8-11(20-2)5-6-13(12)17/h3-8H,1-2H3,(H,18,19). The zero-order valence-corrected chi connectivity index (χ0v) is 14.2. The van der Waals surface area contributed by atoms with E-state index in [1.807, 2.05) is 37.4 Å². The molecule has 0 bridgehead atoms. The molecule has 2 aromatic rings. The molecule has 1 N–H and O–H groups in total. The molecule has 20 heavy (non-hydrogen) atoms. The average molecular weight is 371 g/mol. The van der Waals surface area contributed by atoms with E-state index in [0.29, 0.717) is 10.6 Å². The van der Waals surface area contributed by atoms with Crippen LogP contribution in [0.25, 0.3) is 0 Å². The van der Waals surface area contributed by atoms with Gasteiger partial charge in [-0.3, -0.25) is 4.79 Å². The summed E-state index contributed by atoms with van der Waals surface area (Å²) in [6.07, 6.45) is 1.96. The Kier molecular flexibility index (Phi) is 5.13. The van der Waals surface area contributed by atoms with Crippen LogP contribution in [-0.2, 0) is 0 Å². The number of hydrogen-bond acceptors (Lipinski definition) is 2. The Balaban J connectivity index is 2.30. The molecule has 0 aliphatic carbocycles. The Morgan fingerprint density at radius 1 is 1.25 bits per heavy atom. The van der Waals surface area contributed by atoms with E-state index in [1.54, 1.807) is 23.9 Å². The van der Waals surface area contributed by atoms with Crippen LogP contribution in [0.2, 0.25) is 5.02 Å². The first-order valence-corrected chi connectivity index (χ1v) is 8.32. The first-order chi connectivity index (χ1) is 9.51. The summed E-state index contributed by atoms with van der Waals surface area (Å²) in [5, 5.41) is 3.35. The highest BCUT2D eigenvalue weighted by atomic mass is 79.9. The Hall–Kier alpha value is -0.970. The second-order valence-corrected chi connectivity index (χ2v) is 6.46. The number of benzene rings is 2. The molecule has 2 rings (SSSR count). The molecular weight excluding hydrogens is 358 g/mol. The molecule has 5 heteroatoms. The van der Waals surface area contributed by atoms with E-state index < -0.39 is 0 Å². The third kappa shape index (κ3) is 3.57. The highest BCUT2D eigenvalue weighted by molar-refractivity contribution is 9.10. The van der Waals surface area contributed by atoms with Gasteiger partial charge in [-0.1, -0.05) is 33.6 Å². The summed E-state index contributed by atoms with van der Waals surface area (Å²) in [7, 11) is 0. The van der Waals surface area contributed by atoms with Crippen molar-refractivity contribution in [3.8, 4) is 0 Å². The number of carbonyl (C=O) groups excluding carboxylic acids is 1. The van der Waals surface area contributed by atoms with E-state index in [-0.39, 0.29) is 5.91 Å². The number of amides is 1. The Bertz CT molecular complexity index is 660. The van der Waals surface area contributed by atoms with Crippen LogP contribution in [0.1, 0.15) is 15.9 Å². The fourth-order valence-electron chi connectivity index (χ4n) is 1.72. The topological polar surface area (TPSA) is 29.1 Å². The van der Waals surface area contributed by atoms with Gasteiger partial charge in [0.2, 0.25) is 0 Å². The van der Waals surface area contributed by atoms with Crippen molar-refractivity contribution in [2.24, 2.45) is 0 Å². The molecule has 1 amide bonds. The minimum Gasteiger partial charge on any atom is -0.322 e. The van der Waals surface area contributed by atoms with Crippen LogP contribution in [-0.4, -0.2) is 12.2 Å². The molecule has 0 aliphatic heterocycles. The Morgan fingerprint density at radius 2 is 2.00 bits per heavy atom. The van der Waals surface area contributed by atoms with Crippen molar-refractivity contribution in [1.82, 2.24) is 0 Å². The van der Waals surface area contributed by atoms with Crippen molar-refractivity contribution < 1.29 is 4.79 Å². The van der Waals surface area contributed by atoms with Gasteiger partial charge in [-0.25, -0.2) is 0 Å². The highest BCUT2D eigenvalue weighted by Crippen LogP contribution is 2.25. The number of nitrogens with one attached hydrogen (secondary N) is 1. The van der Waals surface area contributed by atoms with E-state index in [0.717, 1.165) is 20.6 Å². The molecule has 0 fully saturated rings. The van der Waals surface area contributed by atoms with Crippen LogP contribution >= 0.6 is 39.3 Å². The second-order valence-electron chi connectivity index (χ2n) is 4.26. The van der Waals surface area contributed by atoms with Crippen LogP contribution in [0.15, 0.2) is 45.8 Å². The Labute approximate surface area is 136 Å². The number of thioether (sulfide) groups is 1. The number of rotatable bonds is 3. The zero-order valence-electron chi connectivity index (χ0n) is 11.0. The summed E-state index contributed by atoms with van der Waals surface area (Å²) in [5.74, 6) is -0.202. The van der Waals surface area contributed by atoms with Crippen molar-refractivity contribution in [3.63, 3.8) is 0 Å². The van der Waals surface area contributed by atoms with Gasteiger partial charge < -0.3 is 5.32 Å². The van der Waals surface area contributed by atoms with Gasteiger partial charge in [0.1, 0.15) is 0 Å². The maximum Gasteiger partial charge on any atom is 0.257 e. The molecule has 2 aromatic carbocycles. The summed E-state index contributed by atoms with van der Waals surface area (Å²) >= 11 is 11.1. The molecule has 0 radical (unpaired) electrons. The quantitative estimate of drug-likeness (QED) is 0.734. The average Bonchev–Trinajstić information content (AvgIpc) is 2.43. The predicted molar refractivity (Wildman–Crippen MR) is 90.1 cm³/mol. The number of halogens is 2. The lowest BCUT2D eigenvalue weighted by molar-refractivity contribution is 0.102. The van der Waals surface area contributed by atoms with Crippen molar-refractivity contribution in [2.75, 3.05) is 11.6 Å². The summed E-state index contributed by atoms with van der Waals surface area (Å²) in [5.41, 5.74) is 2.26. The molecule has 0 heterocycles. The molecule has 0 atom stereocenters. The normalized spacial score (nSPS) is 10.4. The Morgan fingerprint density at radius 3 is 2.70 bits per heavy atom. The lowest BCUT2D eigenvalue weighted by Crippen LogP contribution is -2.13. The van der Waals surface area contributed by atoms with Gasteiger partial charge in [-0.05, 0) is 49.1 Å². The largest absolute Gasteiger partial charge is 0.322 e. The third-order valence-electron chi connectivity index (χ3n) is 2.87. The smallest absolute Gasteiger partial charge is 0.257 e. The fraction of sp³-hybridized carbons (Fsp3) is 0.133. The zero-order chi connectivity index (χ0) is 14.7. The van der Waals surface area contributed by atoms with Crippen molar-refractivity contribution in [2.45, 2.75) is 11.8 Å². The number of carbonyl (C=O) groups is 1. The van der Waals surface area contributed by atoms with Crippen LogP contribution < -0.4 is 5.32 Å². The minimum atomic E-state index is -0.202. The van der Waals surface area contributed by atoms with E-state index in [1.165, 1.54) is 0 Å². The molecule has 104 valence electrons. The highest BCUT2D eigenvalue weighted by Gasteiger charge is 2.12. The molecule has 0 saturated heterocycles.